The molecule has 0 spiro atoms. The van der Waals surface area contributed by atoms with Gasteiger partial charge in [0.15, 0.2) is 0 Å². The molecule has 1 aliphatic heterocycles. The molecule has 4 aliphatic rings. The van der Waals surface area contributed by atoms with E-state index in [1.54, 1.807) is 0 Å². The lowest BCUT2D eigenvalue weighted by molar-refractivity contribution is -0.00664. The van der Waals surface area contributed by atoms with E-state index in [2.05, 4.69) is 113 Å². The van der Waals surface area contributed by atoms with Crippen molar-refractivity contribution in [1.29, 1.82) is 0 Å². The van der Waals surface area contributed by atoms with Gasteiger partial charge in [-0.25, -0.2) is 9.98 Å². The molecule has 256 valence electrons. The van der Waals surface area contributed by atoms with E-state index in [0.29, 0.717) is 34.7 Å². The molecule has 3 unspecified atom stereocenters. The van der Waals surface area contributed by atoms with Gasteiger partial charge in [-0.1, -0.05) is 56.5 Å². The second kappa shape index (κ2) is 17.9. The largest absolute Gasteiger partial charge is 0.383 e. The van der Waals surface area contributed by atoms with E-state index in [1.807, 2.05) is 32.9 Å². The van der Waals surface area contributed by atoms with Gasteiger partial charge in [0.2, 0.25) is 0 Å². The third-order valence-electron chi connectivity index (χ3n) is 10.9. The summed E-state index contributed by atoms with van der Waals surface area (Å²) in [6.45, 7) is 34.8. The highest BCUT2D eigenvalue weighted by atomic mass is 15.0. The maximum Gasteiger partial charge on any atom is 0.126 e. The standard InChI is InChI=1S/C40H61N5.C2H2/c1-13-30(7)42-35(12)45-38(33(10)41-26-28(5)15-16-36-17-18-37(14-2)44-32(36)9)25-29(6)31(8)43-34(11)40-22-19-39(20-23-40,21-24-40)27(3)4;1-2/h13-16,25,28,34,37,41,43-44H,2-3,8,10,17-24,26H2,1,4-7,9,11-12H3;1-2H/b16-15-,29-25+,30-13-,42-35?,45-38?;. The second-order valence-corrected chi connectivity index (χ2v) is 14.1. The summed E-state index contributed by atoms with van der Waals surface area (Å²) < 4.78 is 0. The summed E-state index contributed by atoms with van der Waals surface area (Å²) in [6.07, 6.45) is 28.3. The number of hydrogen-bond acceptors (Lipinski definition) is 4. The van der Waals surface area contributed by atoms with Crippen LogP contribution >= 0.6 is 0 Å². The second-order valence-electron chi connectivity index (χ2n) is 14.1. The molecule has 0 amide bonds. The van der Waals surface area contributed by atoms with Crippen LogP contribution in [0.3, 0.4) is 0 Å². The van der Waals surface area contributed by atoms with Gasteiger partial charge in [0.05, 0.1) is 11.4 Å². The van der Waals surface area contributed by atoms with Crippen molar-refractivity contribution in [2.45, 2.75) is 119 Å². The van der Waals surface area contributed by atoms with Crippen LogP contribution < -0.4 is 16.0 Å². The molecular formula is C42H63N5. The molecule has 3 aliphatic carbocycles. The molecule has 5 nitrogen and oxygen atoms in total. The number of allylic oxidation sites excluding steroid dienone is 8. The van der Waals surface area contributed by atoms with E-state index in [4.69, 9.17) is 4.99 Å². The van der Waals surface area contributed by atoms with E-state index < -0.39 is 0 Å². The Morgan fingerprint density at radius 2 is 1.62 bits per heavy atom. The number of terminal acetylenes is 1. The molecule has 0 radical (unpaired) electrons. The number of nitrogens with one attached hydrogen (secondary N) is 3. The Balaban J connectivity index is 0.00000376. The lowest BCUT2D eigenvalue weighted by Crippen LogP contribution is -2.51. The minimum absolute atomic E-state index is 0.317. The average molecular weight is 638 g/mol. The predicted octanol–water partition coefficient (Wildman–Crippen LogP) is 9.88. The molecule has 1 heterocycles. The zero-order valence-electron chi connectivity index (χ0n) is 30.9. The molecular weight excluding hydrogens is 574 g/mol. The van der Waals surface area contributed by atoms with Crippen molar-refractivity contribution >= 4 is 11.5 Å². The molecule has 0 aromatic heterocycles. The molecule has 3 N–H and O–H groups in total. The first-order valence-corrected chi connectivity index (χ1v) is 17.3. The molecule has 0 aromatic rings. The maximum atomic E-state index is 4.91. The van der Waals surface area contributed by atoms with Gasteiger partial charge in [-0.15, -0.1) is 19.4 Å². The van der Waals surface area contributed by atoms with Crippen molar-refractivity contribution in [3.05, 3.63) is 96.2 Å². The third-order valence-corrected chi connectivity index (χ3v) is 10.9. The summed E-state index contributed by atoms with van der Waals surface area (Å²) in [5.74, 6) is 1.01. The van der Waals surface area contributed by atoms with Crippen molar-refractivity contribution in [2.75, 3.05) is 6.54 Å². The number of rotatable bonds is 14. The van der Waals surface area contributed by atoms with E-state index in [9.17, 15) is 0 Å². The van der Waals surface area contributed by atoms with Crippen molar-refractivity contribution < 1.29 is 0 Å². The van der Waals surface area contributed by atoms with Crippen LogP contribution in [0.25, 0.3) is 0 Å². The third kappa shape index (κ3) is 10.6. The Morgan fingerprint density at radius 1 is 1.00 bits per heavy atom. The Morgan fingerprint density at radius 3 is 2.15 bits per heavy atom. The van der Waals surface area contributed by atoms with Gasteiger partial charge in [0.25, 0.3) is 0 Å². The van der Waals surface area contributed by atoms with E-state index >= 15 is 0 Å². The topological polar surface area (TPSA) is 60.8 Å². The summed E-state index contributed by atoms with van der Waals surface area (Å²) in [6, 6.07) is 0.723. The molecule has 3 fully saturated rings. The number of nitrogens with zero attached hydrogens (tertiary/aromatic N) is 2. The molecule has 2 bridgehead atoms. The van der Waals surface area contributed by atoms with Crippen LogP contribution in [0.5, 0.6) is 0 Å². The quantitative estimate of drug-likeness (QED) is 0.0584. The molecule has 0 saturated heterocycles. The van der Waals surface area contributed by atoms with Crippen molar-refractivity contribution in [3.8, 4) is 12.8 Å². The fraction of sp³-hybridized carbons (Fsp3) is 0.524. The summed E-state index contributed by atoms with van der Waals surface area (Å²) in [5, 5.41) is 10.9. The minimum atomic E-state index is 0.317. The Labute approximate surface area is 288 Å². The van der Waals surface area contributed by atoms with Crippen molar-refractivity contribution in [2.24, 2.45) is 26.7 Å². The monoisotopic (exact) mass is 638 g/mol. The van der Waals surface area contributed by atoms with Gasteiger partial charge >= 0.3 is 0 Å². The van der Waals surface area contributed by atoms with Crippen LogP contribution in [0.2, 0.25) is 0 Å². The first kappa shape index (κ1) is 39.4. The molecule has 47 heavy (non-hydrogen) atoms. The van der Waals surface area contributed by atoms with Crippen LogP contribution in [0.15, 0.2) is 106 Å². The highest BCUT2D eigenvalue weighted by Gasteiger charge is 2.51. The maximum absolute atomic E-state index is 4.91. The molecule has 4 rings (SSSR count). The first-order valence-electron chi connectivity index (χ1n) is 17.3. The van der Waals surface area contributed by atoms with Crippen LogP contribution in [-0.2, 0) is 0 Å². The summed E-state index contributed by atoms with van der Waals surface area (Å²) in [4.78, 5) is 9.54. The smallest absolute Gasteiger partial charge is 0.126 e. The van der Waals surface area contributed by atoms with E-state index in [0.717, 1.165) is 47.8 Å². The van der Waals surface area contributed by atoms with Gasteiger partial charge < -0.3 is 16.0 Å². The highest BCUT2D eigenvalue weighted by molar-refractivity contribution is 6.13. The Kier molecular flexibility index (Phi) is 15.0. The number of hydrogen-bond donors (Lipinski definition) is 3. The lowest BCUT2D eigenvalue weighted by Gasteiger charge is -2.56. The fourth-order valence-corrected chi connectivity index (χ4v) is 7.08. The normalized spacial score (nSPS) is 26.5. The SMILES string of the molecule is C#C.C=CC1CCC(/C=C\C(C)CNC(=C)C(/C=C(\C)C(=C)NC(C)C23CCC(C(=C)C)(CC2)CC3)=NC(C)=N/C(C)=C\C)=C(C)N1. The zero-order valence-corrected chi connectivity index (χ0v) is 30.9. The van der Waals surface area contributed by atoms with Crippen LogP contribution in [0.1, 0.15) is 107 Å². The average Bonchev–Trinajstić information content (AvgIpc) is 3.07. The predicted molar refractivity (Wildman–Crippen MR) is 207 cm³/mol. The fourth-order valence-electron chi connectivity index (χ4n) is 7.08. The lowest BCUT2D eigenvalue weighted by atomic mass is 9.50. The first-order chi connectivity index (χ1) is 22.2. The van der Waals surface area contributed by atoms with Gasteiger partial charge in [-0.3, -0.25) is 0 Å². The van der Waals surface area contributed by atoms with Crippen LogP contribution in [-0.4, -0.2) is 30.2 Å². The molecule has 5 heteroatoms. The summed E-state index contributed by atoms with van der Waals surface area (Å²) in [5.41, 5.74) is 9.17. The minimum Gasteiger partial charge on any atom is -0.383 e. The van der Waals surface area contributed by atoms with Crippen LogP contribution in [0, 0.1) is 29.6 Å². The molecule has 0 aromatic carbocycles. The Hall–Kier alpha value is -3.78. The highest BCUT2D eigenvalue weighted by Crippen LogP contribution is 2.60. The number of amidine groups is 1. The van der Waals surface area contributed by atoms with Gasteiger partial charge in [-0.2, -0.15) is 0 Å². The van der Waals surface area contributed by atoms with Crippen molar-refractivity contribution in [3.63, 3.8) is 0 Å². The van der Waals surface area contributed by atoms with Crippen molar-refractivity contribution in [1.82, 2.24) is 16.0 Å². The number of fused-ring (bicyclic) bond motifs is 3. The van der Waals surface area contributed by atoms with E-state index in [-0.39, 0.29) is 0 Å². The Bertz CT molecular complexity index is 1350. The molecule has 3 atom stereocenters. The van der Waals surface area contributed by atoms with Gasteiger partial charge in [0, 0.05) is 35.7 Å². The summed E-state index contributed by atoms with van der Waals surface area (Å²) >= 11 is 0. The van der Waals surface area contributed by atoms with Crippen LogP contribution in [0.4, 0.5) is 0 Å². The summed E-state index contributed by atoms with van der Waals surface area (Å²) in [7, 11) is 0. The number of aliphatic imine (C=N–C) groups is 2. The molecule has 3 saturated carbocycles. The van der Waals surface area contributed by atoms with Gasteiger partial charge in [-0.05, 0) is 134 Å². The van der Waals surface area contributed by atoms with Gasteiger partial charge in [0.1, 0.15) is 5.84 Å². The van der Waals surface area contributed by atoms with E-state index in [1.165, 1.54) is 55.4 Å². The zero-order chi connectivity index (χ0) is 35.4.